The van der Waals surface area contributed by atoms with Gasteiger partial charge >= 0.3 is 6.61 Å². The molecule has 2 atom stereocenters. The van der Waals surface area contributed by atoms with Crippen LogP contribution < -0.4 is 14.8 Å². The Labute approximate surface area is 195 Å². The molecule has 4 rings (SSSR count). The van der Waals surface area contributed by atoms with Crippen LogP contribution in [0.2, 0.25) is 0 Å². The van der Waals surface area contributed by atoms with Gasteiger partial charge in [0.05, 0.1) is 25.0 Å². The molecular weight excluding hydrogens is 451 g/mol. The van der Waals surface area contributed by atoms with Crippen molar-refractivity contribution >= 4 is 11.8 Å². The average molecular weight is 477 g/mol. The topological polar surface area (TPSA) is 80.8 Å². The fraction of sp³-hybridized carbons (Fsp3) is 0.458. The van der Waals surface area contributed by atoms with Gasteiger partial charge in [-0.1, -0.05) is 6.07 Å². The van der Waals surface area contributed by atoms with Gasteiger partial charge in [0.1, 0.15) is 11.9 Å². The van der Waals surface area contributed by atoms with Gasteiger partial charge in [0.25, 0.3) is 0 Å². The second-order valence-electron chi connectivity index (χ2n) is 8.64. The summed E-state index contributed by atoms with van der Waals surface area (Å²) in [4.78, 5) is 30.5. The zero-order valence-electron chi connectivity index (χ0n) is 18.7. The third-order valence-corrected chi connectivity index (χ3v) is 6.07. The van der Waals surface area contributed by atoms with E-state index in [0.717, 1.165) is 24.6 Å². The van der Waals surface area contributed by atoms with Crippen molar-refractivity contribution in [3.05, 3.63) is 53.6 Å². The van der Waals surface area contributed by atoms with Gasteiger partial charge in [-0.2, -0.15) is 8.78 Å². The third-order valence-electron chi connectivity index (χ3n) is 6.07. The van der Waals surface area contributed by atoms with E-state index in [-0.39, 0.29) is 35.8 Å². The van der Waals surface area contributed by atoms with Crippen molar-refractivity contribution in [2.24, 2.45) is 5.92 Å². The molecule has 10 heteroatoms. The molecule has 2 fully saturated rings. The van der Waals surface area contributed by atoms with Crippen molar-refractivity contribution in [1.82, 2.24) is 15.2 Å². The van der Waals surface area contributed by atoms with E-state index in [1.54, 1.807) is 12.1 Å². The molecule has 1 aromatic carbocycles. The number of ether oxygens (including phenoxy) is 2. The van der Waals surface area contributed by atoms with Gasteiger partial charge in [-0.3, -0.25) is 14.6 Å². The van der Waals surface area contributed by atoms with Gasteiger partial charge in [-0.25, -0.2) is 4.39 Å². The van der Waals surface area contributed by atoms with Crippen LogP contribution in [0.4, 0.5) is 13.2 Å². The van der Waals surface area contributed by atoms with Crippen LogP contribution in [0.3, 0.4) is 0 Å². The fourth-order valence-corrected chi connectivity index (χ4v) is 4.06. The molecule has 1 aromatic heterocycles. The first kappa shape index (κ1) is 23.8. The molecule has 182 valence electrons. The van der Waals surface area contributed by atoms with Gasteiger partial charge in [0.2, 0.25) is 11.8 Å². The summed E-state index contributed by atoms with van der Waals surface area (Å²) in [5, 5.41) is 2.75. The standard InChI is InChI=1S/C24H26F3N3O4/c1-14(31)30-12-17(8-20(30)23(32)29-11-19-6-5-18(25)10-28-19)16-4-7-21(34-24(26)27)22(9-16)33-13-15-2-3-15/h4-7,9-10,15,17,20,24H,2-3,8,11-13H2,1H3,(H,29,32). The quantitative estimate of drug-likeness (QED) is 0.597. The Kier molecular flexibility index (Phi) is 7.23. The Morgan fingerprint density at radius 3 is 2.65 bits per heavy atom. The number of rotatable bonds is 9. The molecule has 2 unspecified atom stereocenters. The molecule has 1 aliphatic carbocycles. The molecular formula is C24H26F3N3O4. The second-order valence-corrected chi connectivity index (χ2v) is 8.64. The van der Waals surface area contributed by atoms with E-state index in [9.17, 15) is 22.8 Å². The molecule has 2 aromatic rings. The minimum Gasteiger partial charge on any atom is -0.489 e. The smallest absolute Gasteiger partial charge is 0.387 e. The Morgan fingerprint density at radius 1 is 1.21 bits per heavy atom. The highest BCUT2D eigenvalue weighted by Gasteiger charge is 2.39. The summed E-state index contributed by atoms with van der Waals surface area (Å²) < 4.78 is 49.0. The lowest BCUT2D eigenvalue weighted by Crippen LogP contribution is -2.45. The molecule has 0 spiro atoms. The molecule has 7 nitrogen and oxygen atoms in total. The van der Waals surface area contributed by atoms with Crippen molar-refractivity contribution in [2.75, 3.05) is 13.2 Å². The Balaban J connectivity index is 1.47. The van der Waals surface area contributed by atoms with Crippen molar-refractivity contribution in [3.63, 3.8) is 0 Å². The first-order chi connectivity index (χ1) is 16.3. The summed E-state index contributed by atoms with van der Waals surface area (Å²) in [6.45, 7) is -0.745. The lowest BCUT2D eigenvalue weighted by molar-refractivity contribution is -0.136. The monoisotopic (exact) mass is 477 g/mol. The lowest BCUT2D eigenvalue weighted by Gasteiger charge is -2.22. The average Bonchev–Trinajstić information content (AvgIpc) is 3.52. The molecule has 1 saturated carbocycles. The summed E-state index contributed by atoms with van der Waals surface area (Å²) in [7, 11) is 0. The predicted octanol–water partition coefficient (Wildman–Crippen LogP) is 3.63. The largest absolute Gasteiger partial charge is 0.489 e. The highest BCUT2D eigenvalue weighted by molar-refractivity contribution is 5.87. The number of amides is 2. The van der Waals surface area contributed by atoms with Gasteiger partial charge in [-0.15, -0.1) is 0 Å². The maximum Gasteiger partial charge on any atom is 0.387 e. The van der Waals surface area contributed by atoms with Gasteiger partial charge < -0.3 is 19.7 Å². The molecule has 1 N–H and O–H groups in total. The number of hydrogen-bond donors (Lipinski definition) is 1. The maximum absolute atomic E-state index is 13.0. The number of nitrogens with one attached hydrogen (secondary N) is 1. The number of alkyl halides is 2. The summed E-state index contributed by atoms with van der Waals surface area (Å²) in [6, 6.07) is 6.79. The number of carbonyl (C=O) groups excluding carboxylic acids is 2. The van der Waals surface area contributed by atoms with Crippen LogP contribution in [-0.4, -0.2) is 47.5 Å². The van der Waals surface area contributed by atoms with Crippen LogP contribution >= 0.6 is 0 Å². The van der Waals surface area contributed by atoms with Crippen LogP contribution in [0.25, 0.3) is 0 Å². The summed E-state index contributed by atoms with van der Waals surface area (Å²) in [6.07, 6.45) is 3.52. The summed E-state index contributed by atoms with van der Waals surface area (Å²) in [5.74, 6) is -0.630. The minimum atomic E-state index is -2.97. The Bertz CT molecular complexity index is 1030. The first-order valence-corrected chi connectivity index (χ1v) is 11.2. The molecule has 2 heterocycles. The van der Waals surface area contributed by atoms with E-state index >= 15 is 0 Å². The molecule has 1 saturated heterocycles. The van der Waals surface area contributed by atoms with Crippen LogP contribution in [0, 0.1) is 11.7 Å². The van der Waals surface area contributed by atoms with Crippen LogP contribution in [0.5, 0.6) is 11.5 Å². The molecule has 0 radical (unpaired) electrons. The van der Waals surface area contributed by atoms with E-state index in [1.807, 2.05) is 0 Å². The number of pyridine rings is 1. The third kappa shape index (κ3) is 5.98. The summed E-state index contributed by atoms with van der Waals surface area (Å²) >= 11 is 0. The SMILES string of the molecule is CC(=O)N1CC(c2ccc(OC(F)F)c(OCC3CC3)c2)CC1C(=O)NCc1ccc(F)cn1. The highest BCUT2D eigenvalue weighted by atomic mass is 19.3. The first-order valence-electron chi connectivity index (χ1n) is 11.2. The zero-order chi connectivity index (χ0) is 24.2. The number of carbonyl (C=O) groups is 2. The number of hydrogen-bond acceptors (Lipinski definition) is 5. The number of benzene rings is 1. The molecule has 34 heavy (non-hydrogen) atoms. The van der Waals surface area contributed by atoms with Crippen LogP contribution in [0.1, 0.15) is 43.4 Å². The molecule has 2 aliphatic rings. The van der Waals surface area contributed by atoms with E-state index < -0.39 is 18.5 Å². The number of nitrogens with zero attached hydrogens (tertiary/aromatic N) is 2. The fourth-order valence-electron chi connectivity index (χ4n) is 4.06. The van der Waals surface area contributed by atoms with Gasteiger partial charge in [-0.05, 0) is 55.0 Å². The molecule has 2 amide bonds. The Hall–Kier alpha value is -3.30. The van der Waals surface area contributed by atoms with Crippen LogP contribution in [-0.2, 0) is 16.1 Å². The molecule has 0 bridgehead atoms. The predicted molar refractivity (Wildman–Crippen MR) is 116 cm³/mol. The number of halogens is 3. The van der Waals surface area contributed by atoms with Gasteiger partial charge in [0.15, 0.2) is 11.5 Å². The van der Waals surface area contributed by atoms with Crippen molar-refractivity contribution < 1.29 is 32.2 Å². The second kappa shape index (κ2) is 10.3. The highest BCUT2D eigenvalue weighted by Crippen LogP contribution is 2.39. The normalized spacial score (nSPS) is 19.9. The van der Waals surface area contributed by atoms with E-state index in [2.05, 4.69) is 15.0 Å². The number of aromatic nitrogens is 1. The number of likely N-dealkylation sites (tertiary alicyclic amines) is 1. The zero-order valence-corrected chi connectivity index (χ0v) is 18.7. The van der Waals surface area contributed by atoms with Crippen molar-refractivity contribution in [1.29, 1.82) is 0 Å². The maximum atomic E-state index is 13.0. The molecule has 1 aliphatic heterocycles. The van der Waals surface area contributed by atoms with Crippen molar-refractivity contribution in [2.45, 2.75) is 51.3 Å². The Morgan fingerprint density at radius 2 is 2.00 bits per heavy atom. The van der Waals surface area contributed by atoms with E-state index in [4.69, 9.17) is 4.74 Å². The summed E-state index contributed by atoms with van der Waals surface area (Å²) in [5.41, 5.74) is 1.26. The van der Waals surface area contributed by atoms with Crippen LogP contribution in [0.15, 0.2) is 36.5 Å². The van der Waals surface area contributed by atoms with Gasteiger partial charge in [0, 0.05) is 19.4 Å². The lowest BCUT2D eigenvalue weighted by atomic mass is 9.95. The van der Waals surface area contributed by atoms with E-state index in [1.165, 1.54) is 30.0 Å². The van der Waals surface area contributed by atoms with E-state index in [0.29, 0.717) is 31.2 Å². The minimum absolute atomic E-state index is 0.0399. The van der Waals surface area contributed by atoms with Crippen molar-refractivity contribution in [3.8, 4) is 11.5 Å².